The summed E-state index contributed by atoms with van der Waals surface area (Å²) >= 11 is 1.74. The molecule has 0 bridgehead atoms. The maximum Gasteiger partial charge on any atom is 0.287 e. The molecule has 1 nitrogen and oxygen atoms in total. The van der Waals surface area contributed by atoms with Crippen molar-refractivity contribution in [1.29, 1.82) is 0 Å². The van der Waals surface area contributed by atoms with E-state index in [9.17, 15) is 8.78 Å². The number of aryl methyl sites for hydroxylation is 1. The molecule has 0 aromatic heterocycles. The van der Waals surface area contributed by atoms with Gasteiger partial charge in [0.2, 0.25) is 0 Å². The summed E-state index contributed by atoms with van der Waals surface area (Å²) in [4.78, 5) is 1.13. The van der Waals surface area contributed by atoms with E-state index in [1.165, 1.54) is 13.0 Å². The van der Waals surface area contributed by atoms with E-state index in [0.717, 1.165) is 29.1 Å². The molecular weight excluding hydrogens is 228 g/mol. The van der Waals surface area contributed by atoms with Crippen LogP contribution >= 0.6 is 11.8 Å². The second-order valence-corrected chi connectivity index (χ2v) is 5.32. The van der Waals surface area contributed by atoms with Crippen molar-refractivity contribution < 1.29 is 8.78 Å². The van der Waals surface area contributed by atoms with Crippen LogP contribution in [0.1, 0.15) is 24.5 Å². The van der Waals surface area contributed by atoms with Gasteiger partial charge >= 0.3 is 0 Å². The molecule has 0 spiro atoms. The number of benzene rings is 1. The van der Waals surface area contributed by atoms with Crippen LogP contribution in [0.3, 0.4) is 0 Å². The highest BCUT2D eigenvalue weighted by Crippen LogP contribution is 2.36. The molecule has 0 saturated heterocycles. The van der Waals surface area contributed by atoms with Gasteiger partial charge in [-0.1, -0.05) is 6.07 Å². The van der Waals surface area contributed by atoms with Crippen LogP contribution in [0.2, 0.25) is 0 Å². The lowest BCUT2D eigenvalue weighted by Crippen LogP contribution is -2.35. The molecule has 1 atom stereocenters. The average molecular weight is 243 g/mol. The Balaban J connectivity index is 2.37. The molecule has 2 rings (SSSR count). The van der Waals surface area contributed by atoms with E-state index in [2.05, 4.69) is 0 Å². The van der Waals surface area contributed by atoms with Gasteiger partial charge in [0.1, 0.15) is 0 Å². The van der Waals surface area contributed by atoms with Gasteiger partial charge in [-0.15, -0.1) is 11.8 Å². The average Bonchev–Trinajstić information content (AvgIpc) is 2.28. The molecule has 0 radical (unpaired) electrons. The third-order valence-corrected chi connectivity index (χ3v) is 4.07. The zero-order chi connectivity index (χ0) is 11.8. The van der Waals surface area contributed by atoms with E-state index in [-0.39, 0.29) is 5.56 Å². The van der Waals surface area contributed by atoms with Crippen molar-refractivity contribution in [3.8, 4) is 0 Å². The Morgan fingerprint density at radius 1 is 1.44 bits per heavy atom. The number of hydrogen-bond donors (Lipinski definition) is 1. The molecule has 0 amide bonds. The minimum atomic E-state index is -2.93. The van der Waals surface area contributed by atoms with Crippen molar-refractivity contribution in [3.63, 3.8) is 0 Å². The van der Waals surface area contributed by atoms with E-state index in [0.29, 0.717) is 0 Å². The third-order valence-electron chi connectivity index (χ3n) is 2.87. The van der Waals surface area contributed by atoms with Crippen LogP contribution < -0.4 is 5.73 Å². The van der Waals surface area contributed by atoms with Gasteiger partial charge in [-0.2, -0.15) is 8.78 Å². The summed E-state index contributed by atoms with van der Waals surface area (Å²) < 4.78 is 27.4. The van der Waals surface area contributed by atoms with Crippen molar-refractivity contribution in [1.82, 2.24) is 0 Å². The largest absolute Gasteiger partial charge is 0.323 e. The molecule has 1 aliphatic rings. The zero-order valence-electron chi connectivity index (χ0n) is 9.17. The first-order chi connectivity index (χ1) is 7.51. The summed E-state index contributed by atoms with van der Waals surface area (Å²) in [6, 6.07) is 3.76. The van der Waals surface area contributed by atoms with Crippen LogP contribution in [0.4, 0.5) is 8.78 Å². The van der Waals surface area contributed by atoms with Crippen LogP contribution in [-0.2, 0) is 12.3 Å². The summed E-state index contributed by atoms with van der Waals surface area (Å²) in [5.74, 6) is -1.85. The number of alkyl halides is 2. The molecule has 1 heterocycles. The van der Waals surface area contributed by atoms with Crippen molar-refractivity contribution in [2.45, 2.75) is 36.6 Å². The zero-order valence-corrected chi connectivity index (χ0v) is 9.99. The van der Waals surface area contributed by atoms with E-state index >= 15 is 0 Å². The van der Waals surface area contributed by atoms with Crippen LogP contribution in [0.25, 0.3) is 0 Å². The second-order valence-electron chi connectivity index (χ2n) is 4.19. The lowest BCUT2D eigenvalue weighted by Gasteiger charge is -2.23. The number of halogens is 2. The molecule has 0 saturated carbocycles. The lowest BCUT2D eigenvalue weighted by atomic mass is 9.99. The summed E-state index contributed by atoms with van der Waals surface area (Å²) in [7, 11) is 0. The van der Waals surface area contributed by atoms with Gasteiger partial charge in [0.05, 0.1) is 6.04 Å². The van der Waals surface area contributed by atoms with Crippen LogP contribution in [-0.4, -0.2) is 11.8 Å². The van der Waals surface area contributed by atoms with E-state index in [1.54, 1.807) is 23.9 Å². The van der Waals surface area contributed by atoms with Gasteiger partial charge in [-0.25, -0.2) is 0 Å². The molecule has 4 heteroatoms. The summed E-state index contributed by atoms with van der Waals surface area (Å²) in [6.07, 6.45) is 1.95. The van der Waals surface area contributed by atoms with Crippen LogP contribution in [0.5, 0.6) is 0 Å². The molecule has 2 N–H and O–H groups in total. The highest BCUT2D eigenvalue weighted by molar-refractivity contribution is 7.99. The highest BCUT2D eigenvalue weighted by Gasteiger charge is 2.36. The topological polar surface area (TPSA) is 26.0 Å². The Bertz CT molecular complexity index is 391. The number of thioether (sulfide) groups is 1. The standard InChI is InChI=1S/C12H15F2NS/c1-8(15)12(13,14)10-4-5-11-9(7-10)3-2-6-16-11/h4-5,7-8H,2-3,6,15H2,1H3. The van der Waals surface area contributed by atoms with Gasteiger partial charge in [0.15, 0.2) is 0 Å². The van der Waals surface area contributed by atoms with Crippen molar-refractivity contribution in [3.05, 3.63) is 29.3 Å². The lowest BCUT2D eigenvalue weighted by molar-refractivity contribution is -0.0257. The van der Waals surface area contributed by atoms with E-state index < -0.39 is 12.0 Å². The van der Waals surface area contributed by atoms with Gasteiger partial charge in [-0.05, 0) is 43.2 Å². The minimum absolute atomic E-state index is 0.0451. The first-order valence-electron chi connectivity index (χ1n) is 5.41. The smallest absolute Gasteiger partial charge is 0.287 e. The molecule has 88 valence electrons. The van der Waals surface area contributed by atoms with Gasteiger partial charge in [0, 0.05) is 10.5 Å². The summed E-state index contributed by atoms with van der Waals surface area (Å²) in [5.41, 5.74) is 6.40. The molecule has 0 aliphatic carbocycles. The molecule has 1 aromatic rings. The predicted octanol–water partition coefficient (Wildman–Crippen LogP) is 3.16. The second kappa shape index (κ2) is 4.34. The fourth-order valence-corrected chi connectivity index (χ4v) is 2.85. The molecule has 0 fully saturated rings. The highest BCUT2D eigenvalue weighted by atomic mass is 32.2. The van der Waals surface area contributed by atoms with E-state index in [1.807, 2.05) is 0 Å². The van der Waals surface area contributed by atoms with Crippen molar-refractivity contribution in [2.24, 2.45) is 5.73 Å². The Labute approximate surface area is 98.4 Å². The summed E-state index contributed by atoms with van der Waals surface area (Å²) in [5, 5.41) is 0. The van der Waals surface area contributed by atoms with Gasteiger partial charge in [0.25, 0.3) is 5.92 Å². The Kier molecular flexibility index (Phi) is 3.22. The molecule has 1 aliphatic heterocycles. The molecular formula is C12H15F2NS. The molecule has 1 unspecified atom stereocenters. The SMILES string of the molecule is CC(N)C(F)(F)c1ccc2c(c1)CCCS2. The van der Waals surface area contributed by atoms with Crippen molar-refractivity contribution >= 4 is 11.8 Å². The van der Waals surface area contributed by atoms with Gasteiger partial charge < -0.3 is 5.73 Å². The fraction of sp³-hybridized carbons (Fsp3) is 0.500. The first-order valence-corrected chi connectivity index (χ1v) is 6.40. The fourth-order valence-electron chi connectivity index (χ4n) is 1.83. The maximum atomic E-state index is 13.7. The van der Waals surface area contributed by atoms with Gasteiger partial charge in [-0.3, -0.25) is 0 Å². The molecule has 16 heavy (non-hydrogen) atoms. The number of rotatable bonds is 2. The van der Waals surface area contributed by atoms with E-state index in [4.69, 9.17) is 5.73 Å². The Morgan fingerprint density at radius 2 is 2.19 bits per heavy atom. The Hall–Kier alpha value is -0.610. The maximum absolute atomic E-state index is 13.7. The Morgan fingerprint density at radius 3 is 2.88 bits per heavy atom. The predicted molar refractivity (Wildman–Crippen MR) is 63.0 cm³/mol. The summed E-state index contributed by atoms with van der Waals surface area (Å²) in [6.45, 7) is 1.34. The van der Waals surface area contributed by atoms with Crippen LogP contribution in [0.15, 0.2) is 23.1 Å². The van der Waals surface area contributed by atoms with Crippen molar-refractivity contribution in [2.75, 3.05) is 5.75 Å². The van der Waals surface area contributed by atoms with Crippen LogP contribution in [0, 0.1) is 0 Å². The first kappa shape index (κ1) is 11.9. The normalized spacial score (nSPS) is 18.0. The third kappa shape index (κ3) is 2.09. The molecule has 1 aromatic carbocycles. The number of hydrogen-bond acceptors (Lipinski definition) is 2. The number of nitrogens with two attached hydrogens (primary N) is 1. The monoisotopic (exact) mass is 243 g/mol. The quantitative estimate of drug-likeness (QED) is 0.863. The minimum Gasteiger partial charge on any atom is -0.323 e. The number of fused-ring (bicyclic) bond motifs is 1.